The van der Waals surface area contributed by atoms with Gasteiger partial charge in [0.05, 0.1) is 19.5 Å². The average Bonchev–Trinajstić information content (AvgIpc) is 3.06. The van der Waals surface area contributed by atoms with Crippen molar-refractivity contribution in [3.05, 3.63) is 12.3 Å². The molecule has 0 spiro atoms. The molecule has 0 saturated heterocycles. The smallest absolute Gasteiger partial charge is 0.472 e. The minimum absolute atomic E-state index is 0.0584. The SMILES string of the molecule is CCCCCCCCCCCCCCCCC=CO[C@H](COC(=O)CCCCCCCCCCCCCC)COP(=O)(O)OCCN. The van der Waals surface area contributed by atoms with Crippen LogP contribution in [0.4, 0.5) is 0 Å². The molecule has 1 unspecified atom stereocenters. The van der Waals surface area contributed by atoms with E-state index in [0.29, 0.717) is 6.42 Å². The number of rotatable bonds is 38. The van der Waals surface area contributed by atoms with E-state index in [1.807, 2.05) is 6.08 Å². The molecule has 0 aromatic carbocycles. The normalized spacial score (nSPS) is 13.6. The first-order valence-corrected chi connectivity index (χ1v) is 21.2. The Labute approximate surface area is 290 Å². The standard InChI is InChI=1S/C38H76NO7P/c1-3-5-7-9-11-13-15-17-18-19-20-22-24-26-28-30-33-43-37(36-46-47(41,42)45-34-32-39)35-44-38(40)31-29-27-25-23-21-16-14-12-10-8-6-4-2/h30,33,37H,3-29,31-32,34-36,39H2,1-2H3,(H,41,42)/t37-/m1/s1. The highest BCUT2D eigenvalue weighted by atomic mass is 31.2. The fraction of sp³-hybridized carbons (Fsp3) is 0.921. The lowest BCUT2D eigenvalue weighted by molar-refractivity contribution is -0.147. The van der Waals surface area contributed by atoms with E-state index in [1.165, 1.54) is 141 Å². The number of phosphoric acid groups is 1. The predicted molar refractivity (Wildman–Crippen MR) is 196 cm³/mol. The second kappa shape index (κ2) is 36.4. The number of unbranched alkanes of at least 4 members (excludes halogenated alkanes) is 25. The molecular weight excluding hydrogens is 613 g/mol. The molecule has 0 rings (SSSR count). The molecule has 3 N–H and O–H groups in total. The Balaban J connectivity index is 4.09. The first-order valence-electron chi connectivity index (χ1n) is 19.7. The summed E-state index contributed by atoms with van der Waals surface area (Å²) in [4.78, 5) is 22.2. The van der Waals surface area contributed by atoms with Crippen molar-refractivity contribution in [1.82, 2.24) is 0 Å². The number of carbonyl (C=O) groups excluding carboxylic acids is 1. The minimum atomic E-state index is -4.25. The van der Waals surface area contributed by atoms with E-state index >= 15 is 0 Å². The number of nitrogens with two attached hydrogens (primary N) is 1. The fourth-order valence-corrected chi connectivity index (χ4v) is 6.33. The summed E-state index contributed by atoms with van der Waals surface area (Å²) in [6.07, 6.45) is 37.5. The van der Waals surface area contributed by atoms with Gasteiger partial charge in [0.25, 0.3) is 0 Å². The molecule has 0 fully saturated rings. The number of phosphoric ester groups is 1. The van der Waals surface area contributed by atoms with Crippen molar-refractivity contribution in [1.29, 1.82) is 0 Å². The van der Waals surface area contributed by atoms with Crippen molar-refractivity contribution < 1.29 is 32.8 Å². The lowest BCUT2D eigenvalue weighted by Crippen LogP contribution is -2.25. The zero-order chi connectivity index (χ0) is 34.5. The van der Waals surface area contributed by atoms with E-state index in [4.69, 9.17) is 24.3 Å². The maximum atomic E-state index is 12.3. The van der Waals surface area contributed by atoms with Crippen LogP contribution in [0.25, 0.3) is 0 Å². The van der Waals surface area contributed by atoms with Gasteiger partial charge in [-0.2, -0.15) is 0 Å². The van der Waals surface area contributed by atoms with Crippen molar-refractivity contribution >= 4 is 13.8 Å². The minimum Gasteiger partial charge on any atom is -0.492 e. The van der Waals surface area contributed by atoms with Crippen LogP contribution in [0.5, 0.6) is 0 Å². The maximum Gasteiger partial charge on any atom is 0.472 e. The maximum absolute atomic E-state index is 12.3. The Morgan fingerprint density at radius 1 is 0.638 bits per heavy atom. The van der Waals surface area contributed by atoms with E-state index in [1.54, 1.807) is 6.26 Å². The molecule has 47 heavy (non-hydrogen) atoms. The molecular formula is C38H76NO7P. The van der Waals surface area contributed by atoms with Crippen LogP contribution in [0.1, 0.15) is 194 Å². The number of ether oxygens (including phenoxy) is 2. The van der Waals surface area contributed by atoms with Gasteiger partial charge >= 0.3 is 13.8 Å². The quantitative estimate of drug-likeness (QED) is 0.0285. The molecule has 2 atom stereocenters. The number of carbonyl (C=O) groups is 1. The molecule has 0 heterocycles. The van der Waals surface area contributed by atoms with Gasteiger partial charge < -0.3 is 20.1 Å². The highest BCUT2D eigenvalue weighted by molar-refractivity contribution is 7.47. The zero-order valence-electron chi connectivity index (χ0n) is 30.8. The Morgan fingerprint density at radius 3 is 1.51 bits per heavy atom. The van der Waals surface area contributed by atoms with Gasteiger partial charge in [-0.25, -0.2) is 4.57 Å². The summed E-state index contributed by atoms with van der Waals surface area (Å²) in [5.74, 6) is -0.288. The zero-order valence-corrected chi connectivity index (χ0v) is 31.7. The third kappa shape index (κ3) is 36.2. The second-order valence-corrected chi connectivity index (χ2v) is 14.7. The summed E-state index contributed by atoms with van der Waals surface area (Å²) in [6, 6.07) is 0. The lowest BCUT2D eigenvalue weighted by atomic mass is 10.0. The van der Waals surface area contributed by atoms with Gasteiger partial charge in [0, 0.05) is 13.0 Å². The van der Waals surface area contributed by atoms with E-state index in [-0.39, 0.29) is 32.3 Å². The number of esters is 1. The van der Waals surface area contributed by atoms with E-state index in [9.17, 15) is 14.3 Å². The van der Waals surface area contributed by atoms with Gasteiger partial charge in [0.15, 0.2) is 6.10 Å². The van der Waals surface area contributed by atoms with Crippen LogP contribution in [0.15, 0.2) is 12.3 Å². The van der Waals surface area contributed by atoms with Gasteiger partial charge in [-0.1, -0.05) is 168 Å². The molecule has 0 bridgehead atoms. The molecule has 0 aliphatic heterocycles. The summed E-state index contributed by atoms with van der Waals surface area (Å²) in [5.41, 5.74) is 5.35. The summed E-state index contributed by atoms with van der Waals surface area (Å²) in [5, 5.41) is 0. The number of hydrogen-bond acceptors (Lipinski definition) is 7. The van der Waals surface area contributed by atoms with Gasteiger partial charge in [-0.15, -0.1) is 0 Å². The van der Waals surface area contributed by atoms with Crippen molar-refractivity contribution in [3.8, 4) is 0 Å². The molecule has 0 radical (unpaired) electrons. The number of allylic oxidation sites excluding steroid dienone is 1. The van der Waals surface area contributed by atoms with Crippen molar-refractivity contribution in [3.63, 3.8) is 0 Å². The first kappa shape index (κ1) is 46.1. The van der Waals surface area contributed by atoms with Crippen molar-refractivity contribution in [2.45, 2.75) is 200 Å². The first-order chi connectivity index (χ1) is 22.9. The lowest BCUT2D eigenvalue weighted by Gasteiger charge is -2.19. The molecule has 0 aliphatic carbocycles. The van der Waals surface area contributed by atoms with Crippen LogP contribution >= 0.6 is 7.82 Å². The van der Waals surface area contributed by atoms with Gasteiger partial charge in [0.1, 0.15) is 6.61 Å². The van der Waals surface area contributed by atoms with Gasteiger partial charge in [-0.3, -0.25) is 13.8 Å². The van der Waals surface area contributed by atoms with Gasteiger partial charge in [-0.05, 0) is 25.3 Å². The summed E-state index contributed by atoms with van der Waals surface area (Å²) >= 11 is 0. The van der Waals surface area contributed by atoms with Crippen LogP contribution in [-0.4, -0.2) is 43.3 Å². The summed E-state index contributed by atoms with van der Waals surface area (Å²) in [6.45, 7) is 4.23. The van der Waals surface area contributed by atoms with Crippen LogP contribution < -0.4 is 5.73 Å². The molecule has 8 nitrogen and oxygen atoms in total. The third-order valence-electron chi connectivity index (χ3n) is 8.55. The highest BCUT2D eigenvalue weighted by Crippen LogP contribution is 2.43. The summed E-state index contributed by atoms with van der Waals surface area (Å²) < 4.78 is 33.1. The fourth-order valence-electron chi connectivity index (χ4n) is 5.57. The van der Waals surface area contributed by atoms with Crippen LogP contribution in [0.2, 0.25) is 0 Å². The molecule has 0 saturated carbocycles. The molecule has 0 aromatic rings. The van der Waals surface area contributed by atoms with Crippen molar-refractivity contribution in [2.24, 2.45) is 5.73 Å². The highest BCUT2D eigenvalue weighted by Gasteiger charge is 2.24. The Kier molecular flexibility index (Phi) is 35.7. The topological polar surface area (TPSA) is 117 Å². The molecule has 280 valence electrons. The monoisotopic (exact) mass is 690 g/mol. The third-order valence-corrected chi connectivity index (χ3v) is 9.54. The average molecular weight is 690 g/mol. The van der Waals surface area contributed by atoms with Crippen molar-refractivity contribution in [2.75, 3.05) is 26.4 Å². The van der Waals surface area contributed by atoms with Crippen LogP contribution in [-0.2, 0) is 27.9 Å². The van der Waals surface area contributed by atoms with E-state index in [2.05, 4.69) is 13.8 Å². The molecule has 0 aliphatic rings. The Hall–Kier alpha value is -0.920. The second-order valence-electron chi connectivity index (χ2n) is 13.2. The Bertz CT molecular complexity index is 737. The van der Waals surface area contributed by atoms with E-state index < -0.39 is 13.9 Å². The molecule has 0 aromatic heterocycles. The predicted octanol–water partition coefficient (Wildman–Crippen LogP) is 11.5. The largest absolute Gasteiger partial charge is 0.492 e. The number of hydrogen-bond donors (Lipinski definition) is 2. The summed E-state index contributed by atoms with van der Waals surface area (Å²) in [7, 11) is -4.25. The van der Waals surface area contributed by atoms with Gasteiger partial charge in [0.2, 0.25) is 0 Å². The van der Waals surface area contributed by atoms with Crippen LogP contribution in [0, 0.1) is 0 Å². The van der Waals surface area contributed by atoms with Crippen LogP contribution in [0.3, 0.4) is 0 Å². The molecule has 9 heteroatoms. The Morgan fingerprint density at radius 2 is 1.06 bits per heavy atom. The van der Waals surface area contributed by atoms with E-state index in [0.717, 1.165) is 32.1 Å². The molecule has 0 amide bonds.